The van der Waals surface area contributed by atoms with E-state index < -0.39 is 23.0 Å². The molecule has 2 heterocycles. The molecule has 7 nitrogen and oxygen atoms in total. The van der Waals surface area contributed by atoms with Gasteiger partial charge in [-0.05, 0) is 28.8 Å². The highest BCUT2D eigenvalue weighted by atomic mass is 35.5. The Hall–Kier alpha value is -4.10. The number of rotatable bonds is 6. The lowest BCUT2D eigenvalue weighted by molar-refractivity contribution is -0.141. The predicted octanol–water partition coefficient (Wildman–Crippen LogP) is 4.45. The van der Waals surface area contributed by atoms with Crippen LogP contribution in [0.15, 0.2) is 94.1 Å². The van der Waals surface area contributed by atoms with E-state index in [1.54, 1.807) is 18.2 Å². The van der Waals surface area contributed by atoms with Crippen molar-refractivity contribution in [2.45, 2.75) is 17.8 Å². The monoisotopic (exact) mass is 488 g/mol. The van der Waals surface area contributed by atoms with Gasteiger partial charge in [0.25, 0.3) is 5.91 Å². The van der Waals surface area contributed by atoms with E-state index in [0.29, 0.717) is 11.3 Å². The third-order valence-corrected chi connectivity index (χ3v) is 6.21. The first kappa shape index (κ1) is 22.7. The van der Waals surface area contributed by atoms with Gasteiger partial charge in [-0.25, -0.2) is 9.80 Å². The fourth-order valence-electron chi connectivity index (χ4n) is 4.24. The third kappa shape index (κ3) is 4.76. The van der Waals surface area contributed by atoms with Gasteiger partial charge >= 0.3 is 5.63 Å². The Morgan fingerprint density at radius 2 is 1.71 bits per heavy atom. The van der Waals surface area contributed by atoms with Crippen LogP contribution in [0.25, 0.3) is 22.1 Å². The van der Waals surface area contributed by atoms with E-state index in [0.717, 1.165) is 22.1 Å². The molecule has 2 atom stereocenters. The average Bonchev–Trinajstić information content (AvgIpc) is 3.15. The molecule has 0 bridgehead atoms. The molecular weight excluding hydrogens is 468 g/mol. The van der Waals surface area contributed by atoms with Gasteiger partial charge in [-0.1, -0.05) is 60.7 Å². The molecule has 1 fully saturated rings. The van der Waals surface area contributed by atoms with Crippen molar-refractivity contribution in [3.8, 4) is 16.9 Å². The third-order valence-electron chi connectivity index (χ3n) is 5.82. The van der Waals surface area contributed by atoms with Crippen LogP contribution < -0.4 is 15.8 Å². The van der Waals surface area contributed by atoms with Gasteiger partial charge in [0.05, 0.1) is 11.4 Å². The van der Waals surface area contributed by atoms with Crippen LogP contribution in [0.2, 0.25) is 0 Å². The van der Waals surface area contributed by atoms with Gasteiger partial charge in [-0.15, -0.1) is 11.6 Å². The predicted molar refractivity (Wildman–Crippen MR) is 132 cm³/mol. The molecule has 3 aromatic carbocycles. The summed E-state index contributed by atoms with van der Waals surface area (Å²) >= 11 is 6.40. The molecular formula is C27H21ClN2O5. The van der Waals surface area contributed by atoms with E-state index in [1.807, 2.05) is 60.7 Å². The first-order valence-corrected chi connectivity index (χ1v) is 11.5. The topological polar surface area (TPSA) is 88.8 Å². The van der Waals surface area contributed by atoms with Crippen LogP contribution in [-0.4, -0.2) is 28.8 Å². The average molecular weight is 489 g/mol. The fourth-order valence-corrected chi connectivity index (χ4v) is 4.63. The summed E-state index contributed by atoms with van der Waals surface area (Å²) in [4.78, 5) is 37.2. The van der Waals surface area contributed by atoms with Gasteiger partial charge in [0, 0.05) is 23.9 Å². The molecule has 0 aliphatic carbocycles. The van der Waals surface area contributed by atoms with Gasteiger partial charge in [0.1, 0.15) is 11.3 Å². The van der Waals surface area contributed by atoms with Gasteiger partial charge in [-0.3, -0.25) is 15.0 Å². The summed E-state index contributed by atoms with van der Waals surface area (Å²) in [6, 6.07) is 24.8. The Morgan fingerprint density at radius 3 is 2.46 bits per heavy atom. The number of hydrogen-bond acceptors (Lipinski definition) is 5. The van der Waals surface area contributed by atoms with Crippen LogP contribution in [0.5, 0.6) is 5.75 Å². The number of nitrogens with one attached hydrogen (secondary N) is 1. The van der Waals surface area contributed by atoms with E-state index in [-0.39, 0.29) is 18.9 Å². The standard InChI is InChI=1S/C27H21ClN2O5/c28-22-15-25(32)30(27(22)18-9-5-2-6-10-18)29-24(31)16-34-19-11-12-20-21(17-7-3-1-4-8-17)14-26(33)35-23(20)13-19/h1-14,22,27H,15-16H2,(H,29,31). The number of ether oxygens (including phenoxy) is 1. The summed E-state index contributed by atoms with van der Waals surface area (Å²) in [6.45, 7) is -0.341. The van der Waals surface area contributed by atoms with Gasteiger partial charge in [0.15, 0.2) is 6.61 Å². The molecule has 1 aromatic heterocycles. The quantitative estimate of drug-likeness (QED) is 0.320. The number of alkyl halides is 1. The Morgan fingerprint density at radius 1 is 1.00 bits per heavy atom. The summed E-state index contributed by atoms with van der Waals surface area (Å²) in [5.74, 6) is -0.429. The zero-order chi connectivity index (χ0) is 24.4. The molecule has 0 radical (unpaired) electrons. The zero-order valence-electron chi connectivity index (χ0n) is 18.5. The first-order chi connectivity index (χ1) is 17.0. The van der Waals surface area contributed by atoms with Crippen molar-refractivity contribution in [1.29, 1.82) is 0 Å². The summed E-state index contributed by atoms with van der Waals surface area (Å²) < 4.78 is 11.0. The zero-order valence-corrected chi connectivity index (χ0v) is 19.3. The Kier molecular flexibility index (Phi) is 6.25. The van der Waals surface area contributed by atoms with Crippen molar-refractivity contribution in [3.63, 3.8) is 0 Å². The smallest absolute Gasteiger partial charge is 0.336 e. The highest BCUT2D eigenvalue weighted by Crippen LogP contribution is 2.35. The molecule has 1 aliphatic rings. The molecule has 1 aliphatic heterocycles. The number of amides is 2. The van der Waals surface area contributed by atoms with E-state index >= 15 is 0 Å². The maximum Gasteiger partial charge on any atom is 0.336 e. The van der Waals surface area contributed by atoms with Crippen molar-refractivity contribution >= 4 is 34.4 Å². The molecule has 176 valence electrons. The minimum atomic E-state index is -0.510. The molecule has 5 rings (SSSR count). The number of carbonyl (C=O) groups excluding carboxylic acids is 2. The van der Waals surface area contributed by atoms with Crippen LogP contribution in [0.4, 0.5) is 0 Å². The van der Waals surface area contributed by atoms with Crippen LogP contribution in [0.3, 0.4) is 0 Å². The molecule has 2 amide bonds. The number of hydrogen-bond donors (Lipinski definition) is 1. The maximum absolute atomic E-state index is 12.6. The molecule has 4 aromatic rings. The van der Waals surface area contributed by atoms with Crippen molar-refractivity contribution in [2.24, 2.45) is 0 Å². The van der Waals surface area contributed by atoms with Crippen LogP contribution >= 0.6 is 11.6 Å². The highest BCUT2D eigenvalue weighted by Gasteiger charge is 2.40. The van der Waals surface area contributed by atoms with Gasteiger partial charge in [0.2, 0.25) is 5.91 Å². The largest absolute Gasteiger partial charge is 0.484 e. The number of fused-ring (bicyclic) bond motifs is 1. The van der Waals surface area contributed by atoms with Crippen LogP contribution in [-0.2, 0) is 9.59 Å². The number of hydrazine groups is 1. The number of carbonyl (C=O) groups is 2. The van der Waals surface area contributed by atoms with E-state index in [2.05, 4.69) is 5.43 Å². The minimum absolute atomic E-state index is 0.121. The summed E-state index contributed by atoms with van der Waals surface area (Å²) in [5, 5.41) is 1.55. The van der Waals surface area contributed by atoms with E-state index in [9.17, 15) is 14.4 Å². The Balaban J connectivity index is 1.31. The minimum Gasteiger partial charge on any atom is -0.484 e. The number of nitrogens with zero attached hydrogens (tertiary/aromatic N) is 1. The maximum atomic E-state index is 12.6. The van der Waals surface area contributed by atoms with Crippen molar-refractivity contribution in [2.75, 3.05) is 6.61 Å². The second kappa shape index (κ2) is 9.64. The van der Waals surface area contributed by atoms with E-state index in [1.165, 1.54) is 11.1 Å². The molecule has 8 heteroatoms. The van der Waals surface area contributed by atoms with Crippen molar-refractivity contribution in [1.82, 2.24) is 10.4 Å². The van der Waals surface area contributed by atoms with Crippen molar-refractivity contribution < 1.29 is 18.7 Å². The Bertz CT molecular complexity index is 1440. The SMILES string of the molecule is O=C(COc1ccc2c(-c3ccccc3)cc(=O)oc2c1)NN1C(=O)CC(Cl)C1c1ccccc1. The lowest BCUT2D eigenvalue weighted by atomic mass is 10.0. The molecule has 0 saturated carbocycles. The molecule has 0 spiro atoms. The summed E-state index contributed by atoms with van der Waals surface area (Å²) in [6.07, 6.45) is 0.121. The summed E-state index contributed by atoms with van der Waals surface area (Å²) in [5.41, 5.74) is 4.94. The lowest BCUT2D eigenvalue weighted by Crippen LogP contribution is -2.46. The summed E-state index contributed by atoms with van der Waals surface area (Å²) in [7, 11) is 0. The van der Waals surface area contributed by atoms with Gasteiger partial charge < -0.3 is 9.15 Å². The number of benzene rings is 3. The number of halogens is 1. The second-order valence-corrected chi connectivity index (χ2v) is 8.73. The van der Waals surface area contributed by atoms with Crippen LogP contribution in [0, 0.1) is 0 Å². The first-order valence-electron chi connectivity index (χ1n) is 11.1. The molecule has 35 heavy (non-hydrogen) atoms. The lowest BCUT2D eigenvalue weighted by Gasteiger charge is -2.26. The van der Waals surface area contributed by atoms with Gasteiger partial charge in [-0.2, -0.15) is 0 Å². The van der Waals surface area contributed by atoms with Crippen LogP contribution in [0.1, 0.15) is 18.0 Å². The highest BCUT2D eigenvalue weighted by molar-refractivity contribution is 6.23. The van der Waals surface area contributed by atoms with E-state index in [4.69, 9.17) is 20.8 Å². The Labute approximate surface area is 205 Å². The normalized spacial score (nSPS) is 17.5. The molecule has 1 N–H and O–H groups in total. The molecule has 1 saturated heterocycles. The second-order valence-electron chi connectivity index (χ2n) is 8.17. The molecule has 2 unspecified atom stereocenters. The van der Waals surface area contributed by atoms with Crippen molar-refractivity contribution in [3.05, 3.63) is 101 Å². The fraction of sp³-hybridized carbons (Fsp3) is 0.148.